The van der Waals surface area contributed by atoms with Crippen molar-refractivity contribution >= 4 is 5.97 Å². The normalized spacial score (nSPS) is 12.6. The van der Waals surface area contributed by atoms with E-state index in [0.717, 1.165) is 25.9 Å². The lowest BCUT2D eigenvalue weighted by molar-refractivity contribution is -0.138. The average Bonchev–Trinajstić information content (AvgIpc) is 2.69. The van der Waals surface area contributed by atoms with Crippen LogP contribution in [0.1, 0.15) is 143 Å². The van der Waals surface area contributed by atoms with Crippen LogP contribution in [0.15, 0.2) is 0 Å². The lowest BCUT2D eigenvalue weighted by atomic mass is 10.0. The quantitative estimate of drug-likeness (QED) is 0.172. The van der Waals surface area contributed by atoms with Crippen molar-refractivity contribution in [2.75, 3.05) is 13.1 Å². The van der Waals surface area contributed by atoms with Crippen LogP contribution in [0, 0.1) is 0 Å². The summed E-state index contributed by atoms with van der Waals surface area (Å²) >= 11 is 0. The zero-order valence-corrected chi connectivity index (χ0v) is 20.2. The maximum Gasteiger partial charge on any atom is 0.304 e. The van der Waals surface area contributed by atoms with E-state index < -0.39 is 5.97 Å². The summed E-state index contributed by atoms with van der Waals surface area (Å²) in [6, 6.07) is 0.228. The standard InChI is InChI=1S/C26H53NO2/c1-4-7-9-11-13-15-17-19-22-27(25(21-6-3)24-26(28)29)23-20-18-16-14-12-10-8-5-2/h25H,4-24H2,1-3H3,(H,28,29). The van der Waals surface area contributed by atoms with Gasteiger partial charge in [-0.05, 0) is 32.4 Å². The van der Waals surface area contributed by atoms with Crippen LogP contribution in [-0.2, 0) is 4.79 Å². The van der Waals surface area contributed by atoms with E-state index in [1.165, 1.54) is 103 Å². The van der Waals surface area contributed by atoms with E-state index in [4.69, 9.17) is 0 Å². The van der Waals surface area contributed by atoms with Crippen molar-refractivity contribution in [2.24, 2.45) is 0 Å². The summed E-state index contributed by atoms with van der Waals surface area (Å²) in [5.74, 6) is -0.639. The molecule has 3 nitrogen and oxygen atoms in total. The summed E-state index contributed by atoms with van der Waals surface area (Å²) in [4.78, 5) is 13.9. The number of carbonyl (C=O) groups is 1. The van der Waals surface area contributed by atoms with Gasteiger partial charge in [0.2, 0.25) is 0 Å². The molecule has 3 heteroatoms. The number of carboxylic acid groups (broad SMARTS) is 1. The minimum Gasteiger partial charge on any atom is -0.481 e. The smallest absolute Gasteiger partial charge is 0.304 e. The van der Waals surface area contributed by atoms with Gasteiger partial charge in [0.1, 0.15) is 0 Å². The van der Waals surface area contributed by atoms with Gasteiger partial charge >= 0.3 is 5.97 Å². The number of aliphatic carboxylic acids is 1. The molecule has 0 spiro atoms. The summed E-state index contributed by atoms with van der Waals surface area (Å²) in [5.41, 5.74) is 0. The Labute approximate surface area is 183 Å². The van der Waals surface area contributed by atoms with E-state index in [1.54, 1.807) is 0 Å². The van der Waals surface area contributed by atoms with Gasteiger partial charge in [0.25, 0.3) is 0 Å². The molecule has 0 rings (SSSR count). The fraction of sp³-hybridized carbons (Fsp3) is 0.962. The van der Waals surface area contributed by atoms with Crippen LogP contribution < -0.4 is 0 Å². The van der Waals surface area contributed by atoms with Crippen LogP contribution in [0.2, 0.25) is 0 Å². The summed E-state index contributed by atoms with van der Waals surface area (Å²) < 4.78 is 0. The number of carboxylic acids is 1. The number of nitrogens with zero attached hydrogens (tertiary/aromatic N) is 1. The first-order chi connectivity index (χ1) is 14.2. The van der Waals surface area contributed by atoms with Gasteiger partial charge in [0.15, 0.2) is 0 Å². The van der Waals surface area contributed by atoms with Crippen molar-refractivity contribution in [2.45, 2.75) is 149 Å². The van der Waals surface area contributed by atoms with E-state index in [-0.39, 0.29) is 6.04 Å². The molecule has 0 heterocycles. The topological polar surface area (TPSA) is 40.5 Å². The van der Waals surface area contributed by atoms with Crippen molar-refractivity contribution in [3.63, 3.8) is 0 Å². The summed E-state index contributed by atoms with van der Waals surface area (Å²) in [6.45, 7) is 8.89. The molecule has 0 amide bonds. The minimum atomic E-state index is -0.639. The van der Waals surface area contributed by atoms with E-state index in [9.17, 15) is 9.90 Å². The third-order valence-electron chi connectivity index (χ3n) is 6.15. The van der Waals surface area contributed by atoms with Gasteiger partial charge in [-0.1, -0.05) is 117 Å². The second-order valence-corrected chi connectivity index (χ2v) is 9.03. The lowest BCUT2D eigenvalue weighted by Gasteiger charge is -2.31. The number of unbranched alkanes of at least 4 members (excludes halogenated alkanes) is 14. The Morgan fingerprint density at radius 2 is 1.00 bits per heavy atom. The first-order valence-corrected chi connectivity index (χ1v) is 13.1. The molecule has 0 saturated heterocycles. The van der Waals surface area contributed by atoms with Crippen LogP contribution in [0.3, 0.4) is 0 Å². The van der Waals surface area contributed by atoms with Gasteiger partial charge in [0.05, 0.1) is 6.42 Å². The van der Waals surface area contributed by atoms with Crippen molar-refractivity contribution < 1.29 is 9.90 Å². The fourth-order valence-corrected chi connectivity index (χ4v) is 4.32. The van der Waals surface area contributed by atoms with E-state index >= 15 is 0 Å². The highest BCUT2D eigenvalue weighted by Gasteiger charge is 2.20. The van der Waals surface area contributed by atoms with E-state index in [1.807, 2.05) is 0 Å². The van der Waals surface area contributed by atoms with Gasteiger partial charge < -0.3 is 5.11 Å². The van der Waals surface area contributed by atoms with Crippen LogP contribution in [0.25, 0.3) is 0 Å². The molecule has 1 unspecified atom stereocenters. The van der Waals surface area contributed by atoms with Gasteiger partial charge in [-0.25, -0.2) is 0 Å². The summed E-state index contributed by atoms with van der Waals surface area (Å²) in [7, 11) is 0. The fourth-order valence-electron chi connectivity index (χ4n) is 4.32. The molecular formula is C26H53NO2. The molecule has 0 bridgehead atoms. The predicted molar refractivity (Wildman–Crippen MR) is 128 cm³/mol. The number of hydrogen-bond acceptors (Lipinski definition) is 2. The Hall–Kier alpha value is -0.570. The molecule has 0 saturated carbocycles. The van der Waals surface area contributed by atoms with Crippen LogP contribution in [-0.4, -0.2) is 35.1 Å². The zero-order chi connectivity index (χ0) is 21.6. The van der Waals surface area contributed by atoms with Crippen molar-refractivity contribution in [1.82, 2.24) is 4.90 Å². The lowest BCUT2D eigenvalue weighted by Crippen LogP contribution is -2.38. The van der Waals surface area contributed by atoms with Crippen LogP contribution in [0.5, 0.6) is 0 Å². The molecule has 0 radical (unpaired) electrons. The monoisotopic (exact) mass is 411 g/mol. The molecule has 0 aliphatic heterocycles. The van der Waals surface area contributed by atoms with Gasteiger partial charge in [0, 0.05) is 6.04 Å². The van der Waals surface area contributed by atoms with Gasteiger partial charge in [-0.3, -0.25) is 9.69 Å². The van der Waals surface area contributed by atoms with Crippen molar-refractivity contribution in [3.8, 4) is 0 Å². The highest BCUT2D eigenvalue weighted by molar-refractivity contribution is 5.67. The van der Waals surface area contributed by atoms with Gasteiger partial charge in [-0.15, -0.1) is 0 Å². The molecule has 0 aliphatic carbocycles. The SMILES string of the molecule is CCCCCCCCCCN(CCCCCCCCCC)C(CCC)CC(=O)O. The Kier molecular flexibility index (Phi) is 21.7. The van der Waals surface area contributed by atoms with Crippen molar-refractivity contribution in [1.29, 1.82) is 0 Å². The van der Waals surface area contributed by atoms with E-state index in [2.05, 4.69) is 25.7 Å². The molecule has 0 aliphatic rings. The molecule has 0 aromatic heterocycles. The predicted octanol–water partition coefficient (Wildman–Crippen LogP) is 8.21. The Morgan fingerprint density at radius 1 is 0.621 bits per heavy atom. The Bertz CT molecular complexity index is 326. The van der Waals surface area contributed by atoms with Gasteiger partial charge in [-0.2, -0.15) is 0 Å². The molecular weight excluding hydrogens is 358 g/mol. The van der Waals surface area contributed by atoms with Crippen molar-refractivity contribution in [3.05, 3.63) is 0 Å². The van der Waals surface area contributed by atoms with E-state index in [0.29, 0.717) is 6.42 Å². The molecule has 0 fully saturated rings. The van der Waals surface area contributed by atoms with Crippen LogP contribution in [0.4, 0.5) is 0 Å². The first kappa shape index (κ1) is 28.4. The summed E-state index contributed by atoms with van der Waals surface area (Å²) in [5, 5.41) is 9.36. The maximum atomic E-state index is 11.4. The first-order valence-electron chi connectivity index (χ1n) is 13.1. The maximum absolute atomic E-state index is 11.4. The highest BCUT2D eigenvalue weighted by atomic mass is 16.4. The summed E-state index contributed by atoms with van der Waals surface area (Å²) in [6.07, 6.45) is 23.8. The zero-order valence-electron chi connectivity index (χ0n) is 20.2. The minimum absolute atomic E-state index is 0.228. The van der Waals surface area contributed by atoms with Crippen LogP contribution >= 0.6 is 0 Å². The molecule has 1 N–H and O–H groups in total. The molecule has 174 valence electrons. The molecule has 29 heavy (non-hydrogen) atoms. The third-order valence-corrected chi connectivity index (χ3v) is 6.15. The second kappa shape index (κ2) is 22.1. The molecule has 0 aromatic rings. The molecule has 0 aromatic carbocycles. The largest absolute Gasteiger partial charge is 0.481 e. The molecule has 1 atom stereocenters. The Morgan fingerprint density at radius 3 is 1.34 bits per heavy atom. The average molecular weight is 412 g/mol. The number of rotatable bonds is 23. The Balaban J connectivity index is 4.19. The second-order valence-electron chi connectivity index (χ2n) is 9.03. The highest BCUT2D eigenvalue weighted by Crippen LogP contribution is 2.17. The third kappa shape index (κ3) is 19.2. The number of hydrogen-bond donors (Lipinski definition) is 1.